The van der Waals surface area contributed by atoms with Crippen LogP contribution in [0.1, 0.15) is 39.5 Å². The lowest BCUT2D eigenvalue weighted by Crippen LogP contribution is -2.44. The molecule has 19 heavy (non-hydrogen) atoms. The maximum Gasteiger partial charge on any atom is 0.225 e. The maximum atomic E-state index is 12.4. The highest BCUT2D eigenvalue weighted by Gasteiger charge is 2.34. The summed E-state index contributed by atoms with van der Waals surface area (Å²) in [7, 11) is 1.95. The monoisotopic (exact) mass is 268 g/mol. The Morgan fingerprint density at radius 3 is 2.68 bits per heavy atom. The second kappa shape index (κ2) is 6.23. The highest BCUT2D eigenvalue weighted by Crippen LogP contribution is 2.29. The van der Waals surface area contributed by atoms with Crippen molar-refractivity contribution in [3.05, 3.63) is 0 Å². The molecule has 1 amide bonds. The van der Waals surface area contributed by atoms with Gasteiger partial charge in [0.05, 0.1) is 5.60 Å². The Labute approximate surface area is 117 Å². The van der Waals surface area contributed by atoms with Crippen LogP contribution in [-0.4, -0.2) is 61.1 Å². The highest BCUT2D eigenvalue weighted by atomic mass is 16.5. The van der Waals surface area contributed by atoms with Crippen molar-refractivity contribution in [2.24, 2.45) is 5.92 Å². The van der Waals surface area contributed by atoms with E-state index in [9.17, 15) is 4.79 Å². The van der Waals surface area contributed by atoms with Gasteiger partial charge in [-0.1, -0.05) is 0 Å². The molecule has 4 nitrogen and oxygen atoms in total. The van der Waals surface area contributed by atoms with Crippen LogP contribution in [0.5, 0.6) is 0 Å². The van der Waals surface area contributed by atoms with E-state index in [0.717, 1.165) is 25.9 Å². The van der Waals surface area contributed by atoms with Crippen molar-refractivity contribution >= 4 is 5.91 Å². The van der Waals surface area contributed by atoms with Gasteiger partial charge < -0.3 is 14.5 Å². The molecule has 1 atom stereocenters. The predicted molar refractivity (Wildman–Crippen MR) is 76.1 cm³/mol. The van der Waals surface area contributed by atoms with Crippen LogP contribution in [0.15, 0.2) is 0 Å². The number of rotatable bonds is 4. The zero-order valence-electron chi connectivity index (χ0n) is 12.7. The molecule has 2 aliphatic heterocycles. The fourth-order valence-electron chi connectivity index (χ4n) is 3.16. The van der Waals surface area contributed by atoms with E-state index >= 15 is 0 Å². The summed E-state index contributed by atoms with van der Waals surface area (Å²) in [5.74, 6) is 0.447. The SMILES string of the molecule is CN(CCN1CCCC1)C(=O)[C@@H]1CCOC(C)(C)C1. The Morgan fingerprint density at radius 1 is 1.37 bits per heavy atom. The molecule has 2 saturated heterocycles. The van der Waals surface area contributed by atoms with Gasteiger partial charge >= 0.3 is 0 Å². The quantitative estimate of drug-likeness (QED) is 0.778. The van der Waals surface area contributed by atoms with E-state index in [2.05, 4.69) is 18.7 Å². The summed E-state index contributed by atoms with van der Waals surface area (Å²) in [6.07, 6.45) is 4.34. The molecule has 0 radical (unpaired) electrons. The predicted octanol–water partition coefficient (Wildman–Crippen LogP) is 1.75. The zero-order chi connectivity index (χ0) is 13.9. The molecule has 0 N–H and O–H groups in total. The molecule has 0 aromatic heterocycles. The standard InChI is InChI=1S/C15H28N2O2/c1-15(2)12-13(6-11-19-15)14(18)16(3)9-10-17-7-4-5-8-17/h13H,4-12H2,1-3H3/t13-/m1/s1. The van der Waals surface area contributed by atoms with Crippen molar-refractivity contribution in [1.29, 1.82) is 0 Å². The summed E-state index contributed by atoms with van der Waals surface area (Å²) in [6.45, 7) is 9.15. The minimum atomic E-state index is -0.144. The normalized spacial score (nSPS) is 27.4. The molecule has 2 aliphatic rings. The largest absolute Gasteiger partial charge is 0.376 e. The average molecular weight is 268 g/mol. The lowest BCUT2D eigenvalue weighted by Gasteiger charge is -2.36. The number of amides is 1. The van der Waals surface area contributed by atoms with Crippen molar-refractivity contribution in [3.8, 4) is 0 Å². The Bertz CT molecular complexity index is 311. The Morgan fingerprint density at radius 2 is 2.05 bits per heavy atom. The number of carbonyl (C=O) groups is 1. The van der Waals surface area contributed by atoms with Crippen LogP contribution < -0.4 is 0 Å². The van der Waals surface area contributed by atoms with Crippen molar-refractivity contribution < 1.29 is 9.53 Å². The summed E-state index contributed by atoms with van der Waals surface area (Å²) < 4.78 is 5.69. The third kappa shape index (κ3) is 4.18. The van der Waals surface area contributed by atoms with Crippen LogP contribution in [0.3, 0.4) is 0 Å². The van der Waals surface area contributed by atoms with Crippen molar-refractivity contribution in [3.63, 3.8) is 0 Å². The molecular weight excluding hydrogens is 240 g/mol. The number of likely N-dealkylation sites (tertiary alicyclic amines) is 1. The van der Waals surface area contributed by atoms with Crippen molar-refractivity contribution in [2.45, 2.75) is 45.1 Å². The first-order valence-electron chi connectivity index (χ1n) is 7.59. The summed E-state index contributed by atoms with van der Waals surface area (Å²) in [6, 6.07) is 0. The molecule has 0 spiro atoms. The second-order valence-corrected chi connectivity index (χ2v) is 6.61. The molecule has 4 heteroatoms. The molecule has 0 aromatic carbocycles. The number of nitrogens with zero attached hydrogens (tertiary/aromatic N) is 2. The van der Waals surface area contributed by atoms with E-state index < -0.39 is 0 Å². The van der Waals surface area contributed by atoms with Crippen molar-refractivity contribution in [1.82, 2.24) is 9.80 Å². The van der Waals surface area contributed by atoms with Crippen LogP contribution in [-0.2, 0) is 9.53 Å². The molecule has 0 bridgehead atoms. The number of hydrogen-bond donors (Lipinski definition) is 0. The van der Waals surface area contributed by atoms with E-state index in [1.54, 1.807) is 0 Å². The van der Waals surface area contributed by atoms with Gasteiger partial charge in [-0.2, -0.15) is 0 Å². The van der Waals surface area contributed by atoms with Crippen LogP contribution in [0, 0.1) is 5.92 Å². The van der Waals surface area contributed by atoms with Gasteiger partial charge in [0.2, 0.25) is 5.91 Å². The summed E-state index contributed by atoms with van der Waals surface area (Å²) >= 11 is 0. The molecular formula is C15H28N2O2. The van der Waals surface area contributed by atoms with Crippen LogP contribution >= 0.6 is 0 Å². The number of likely N-dealkylation sites (N-methyl/N-ethyl adjacent to an activating group) is 1. The lowest BCUT2D eigenvalue weighted by molar-refractivity contribution is -0.144. The zero-order valence-corrected chi connectivity index (χ0v) is 12.7. The van der Waals surface area contributed by atoms with Crippen LogP contribution in [0.2, 0.25) is 0 Å². The number of carbonyl (C=O) groups excluding carboxylic acids is 1. The van der Waals surface area contributed by atoms with E-state index in [0.29, 0.717) is 12.5 Å². The molecule has 0 saturated carbocycles. The molecule has 2 fully saturated rings. The van der Waals surface area contributed by atoms with Gasteiger partial charge in [-0.25, -0.2) is 0 Å². The number of ether oxygens (including phenoxy) is 1. The Balaban J connectivity index is 1.77. The first-order chi connectivity index (χ1) is 8.98. The van der Waals surface area contributed by atoms with E-state index in [1.807, 2.05) is 11.9 Å². The van der Waals surface area contributed by atoms with Gasteiger partial charge in [0.1, 0.15) is 0 Å². The first-order valence-corrected chi connectivity index (χ1v) is 7.59. The average Bonchev–Trinajstić information content (AvgIpc) is 2.87. The topological polar surface area (TPSA) is 32.8 Å². The van der Waals surface area contributed by atoms with Gasteiger partial charge in [-0.15, -0.1) is 0 Å². The summed E-state index contributed by atoms with van der Waals surface area (Å²) in [5.41, 5.74) is -0.144. The van der Waals surface area contributed by atoms with Gasteiger partial charge in [0, 0.05) is 32.7 Å². The Kier molecular flexibility index (Phi) is 4.85. The first kappa shape index (κ1) is 14.8. The highest BCUT2D eigenvalue weighted by molar-refractivity contribution is 5.78. The smallest absolute Gasteiger partial charge is 0.225 e. The van der Waals surface area contributed by atoms with Crippen LogP contribution in [0.25, 0.3) is 0 Å². The van der Waals surface area contributed by atoms with Crippen LogP contribution in [0.4, 0.5) is 0 Å². The van der Waals surface area contributed by atoms with E-state index in [-0.39, 0.29) is 11.5 Å². The minimum Gasteiger partial charge on any atom is -0.376 e. The Hall–Kier alpha value is -0.610. The molecule has 2 heterocycles. The molecule has 110 valence electrons. The lowest BCUT2D eigenvalue weighted by atomic mass is 9.87. The summed E-state index contributed by atoms with van der Waals surface area (Å²) in [4.78, 5) is 16.8. The molecule has 0 unspecified atom stereocenters. The molecule has 0 aromatic rings. The van der Waals surface area contributed by atoms with Gasteiger partial charge in [-0.3, -0.25) is 4.79 Å². The molecule has 0 aliphatic carbocycles. The minimum absolute atomic E-state index is 0.144. The van der Waals surface area contributed by atoms with Gasteiger partial charge in [-0.05, 0) is 52.6 Å². The summed E-state index contributed by atoms with van der Waals surface area (Å²) in [5, 5.41) is 0. The number of hydrogen-bond acceptors (Lipinski definition) is 3. The van der Waals surface area contributed by atoms with E-state index in [4.69, 9.17) is 4.74 Å². The molecule has 2 rings (SSSR count). The fourth-order valence-corrected chi connectivity index (χ4v) is 3.16. The third-order valence-corrected chi connectivity index (χ3v) is 4.37. The van der Waals surface area contributed by atoms with Gasteiger partial charge in [0.15, 0.2) is 0 Å². The maximum absolute atomic E-state index is 12.4. The second-order valence-electron chi connectivity index (χ2n) is 6.61. The van der Waals surface area contributed by atoms with Gasteiger partial charge in [0.25, 0.3) is 0 Å². The van der Waals surface area contributed by atoms with E-state index in [1.165, 1.54) is 25.9 Å². The fraction of sp³-hybridized carbons (Fsp3) is 0.933. The third-order valence-electron chi connectivity index (χ3n) is 4.37. The van der Waals surface area contributed by atoms with Crippen molar-refractivity contribution in [2.75, 3.05) is 39.8 Å².